The number of aryl methyl sites for hydroxylation is 1. The normalized spacial score (nSPS) is 10.6. The maximum atomic E-state index is 11.3. The van der Waals surface area contributed by atoms with Crippen molar-refractivity contribution in [3.8, 4) is 11.3 Å². The average Bonchev–Trinajstić information content (AvgIpc) is 2.84. The minimum absolute atomic E-state index is 0.141. The lowest BCUT2D eigenvalue weighted by Gasteiger charge is -2.02. The first-order valence-electron chi connectivity index (χ1n) is 5.97. The van der Waals surface area contributed by atoms with E-state index in [-0.39, 0.29) is 5.56 Å². The van der Waals surface area contributed by atoms with Gasteiger partial charge in [0.25, 0.3) is 0 Å². The summed E-state index contributed by atoms with van der Waals surface area (Å²) in [5.74, 6) is -0.627. The smallest absolute Gasteiger partial charge is 0.341 e. The second kappa shape index (κ2) is 5.67. The second-order valence-electron chi connectivity index (χ2n) is 4.12. The first-order chi connectivity index (χ1) is 9.17. The monoisotopic (exact) mass is 261 g/mol. The third-order valence-corrected chi connectivity index (χ3v) is 2.84. The van der Waals surface area contributed by atoms with Gasteiger partial charge in [-0.05, 0) is 5.56 Å². The molecule has 5 heteroatoms. The van der Waals surface area contributed by atoms with Crippen molar-refractivity contribution in [2.24, 2.45) is 0 Å². The molecule has 5 nitrogen and oxygen atoms in total. The number of methoxy groups -OCH3 is 1. The molecule has 0 spiro atoms. The van der Waals surface area contributed by atoms with E-state index < -0.39 is 5.97 Å². The van der Waals surface area contributed by atoms with E-state index >= 15 is 0 Å². The lowest BCUT2D eigenvalue weighted by atomic mass is 10.0. The topological polar surface area (TPSA) is 72.6 Å². The van der Waals surface area contributed by atoms with Crippen LogP contribution in [0.25, 0.3) is 11.3 Å². The van der Waals surface area contributed by atoms with E-state index in [0.717, 1.165) is 11.1 Å². The van der Waals surface area contributed by atoms with E-state index in [1.165, 1.54) is 0 Å². The number of rotatable bonds is 5. The molecule has 2 aromatic rings. The Morgan fingerprint density at radius 2 is 2.05 bits per heavy atom. The van der Waals surface area contributed by atoms with Gasteiger partial charge in [-0.15, -0.1) is 0 Å². The standard InChI is InChI=1S/C14H15NO4/c1-3-11-12(14(16)17)13(15-19-11)10-6-4-9(5-7-10)8-18-2/h4-7H,3,8H2,1-2H3,(H,16,17). The number of aromatic carboxylic acids is 1. The molecule has 0 aliphatic rings. The molecule has 0 saturated carbocycles. The van der Waals surface area contributed by atoms with E-state index in [0.29, 0.717) is 24.5 Å². The number of aromatic nitrogens is 1. The van der Waals surface area contributed by atoms with Crippen LogP contribution in [0.1, 0.15) is 28.6 Å². The SMILES string of the molecule is CCc1onc(-c2ccc(COC)cc2)c1C(=O)O. The Bertz CT molecular complexity index is 572. The summed E-state index contributed by atoms with van der Waals surface area (Å²) in [5, 5.41) is 13.1. The summed E-state index contributed by atoms with van der Waals surface area (Å²) in [6.07, 6.45) is 0.496. The third-order valence-electron chi connectivity index (χ3n) is 2.84. The van der Waals surface area contributed by atoms with Crippen LogP contribution >= 0.6 is 0 Å². The Morgan fingerprint density at radius 3 is 2.58 bits per heavy atom. The Labute approximate surface area is 110 Å². The number of carbonyl (C=O) groups is 1. The summed E-state index contributed by atoms with van der Waals surface area (Å²) in [7, 11) is 1.63. The minimum atomic E-state index is -1.02. The summed E-state index contributed by atoms with van der Waals surface area (Å²) in [6, 6.07) is 7.39. The van der Waals surface area contributed by atoms with Crippen molar-refractivity contribution in [1.82, 2.24) is 5.16 Å². The van der Waals surface area contributed by atoms with Crippen LogP contribution in [0.4, 0.5) is 0 Å². The quantitative estimate of drug-likeness (QED) is 0.895. The highest BCUT2D eigenvalue weighted by molar-refractivity contribution is 5.95. The summed E-state index contributed by atoms with van der Waals surface area (Å²) in [4.78, 5) is 11.3. The zero-order chi connectivity index (χ0) is 13.8. The predicted molar refractivity (Wildman–Crippen MR) is 69.0 cm³/mol. The highest BCUT2D eigenvalue weighted by Crippen LogP contribution is 2.26. The van der Waals surface area contributed by atoms with Gasteiger partial charge in [-0.3, -0.25) is 0 Å². The first-order valence-corrected chi connectivity index (χ1v) is 5.97. The van der Waals surface area contributed by atoms with Gasteiger partial charge < -0.3 is 14.4 Å². The van der Waals surface area contributed by atoms with Crippen LogP contribution in [0.3, 0.4) is 0 Å². The third kappa shape index (κ3) is 2.66. The summed E-state index contributed by atoms with van der Waals surface area (Å²) < 4.78 is 10.1. The number of carboxylic acids is 1. The van der Waals surface area contributed by atoms with Gasteiger partial charge in [0, 0.05) is 19.1 Å². The van der Waals surface area contributed by atoms with Gasteiger partial charge >= 0.3 is 5.97 Å². The Balaban J connectivity index is 2.41. The zero-order valence-corrected chi connectivity index (χ0v) is 10.8. The summed E-state index contributed by atoms with van der Waals surface area (Å²) in [6.45, 7) is 2.35. The van der Waals surface area contributed by atoms with Gasteiger partial charge in [0.15, 0.2) is 5.76 Å². The van der Waals surface area contributed by atoms with Gasteiger partial charge in [0.2, 0.25) is 0 Å². The van der Waals surface area contributed by atoms with Crippen molar-refractivity contribution in [1.29, 1.82) is 0 Å². The van der Waals surface area contributed by atoms with Crippen LogP contribution < -0.4 is 0 Å². The van der Waals surface area contributed by atoms with Crippen molar-refractivity contribution in [3.05, 3.63) is 41.2 Å². The van der Waals surface area contributed by atoms with E-state index in [9.17, 15) is 9.90 Å². The highest BCUT2D eigenvalue weighted by atomic mass is 16.5. The molecule has 0 saturated heterocycles. The van der Waals surface area contributed by atoms with Gasteiger partial charge in [0.1, 0.15) is 11.3 Å². The van der Waals surface area contributed by atoms with Crippen LogP contribution in [-0.2, 0) is 17.8 Å². The highest BCUT2D eigenvalue weighted by Gasteiger charge is 2.22. The lowest BCUT2D eigenvalue weighted by molar-refractivity contribution is 0.0695. The molecule has 0 aliphatic carbocycles. The Kier molecular flexibility index (Phi) is 3.97. The van der Waals surface area contributed by atoms with Gasteiger partial charge in [-0.1, -0.05) is 36.3 Å². The first kappa shape index (κ1) is 13.3. The molecule has 0 fully saturated rings. The molecule has 1 aromatic carbocycles. The van der Waals surface area contributed by atoms with E-state index in [2.05, 4.69) is 5.16 Å². The molecule has 2 rings (SSSR count). The fourth-order valence-corrected chi connectivity index (χ4v) is 1.91. The average molecular weight is 261 g/mol. The van der Waals surface area contributed by atoms with Crippen LogP contribution in [0.2, 0.25) is 0 Å². The number of hydrogen-bond donors (Lipinski definition) is 1. The summed E-state index contributed by atoms with van der Waals surface area (Å²) >= 11 is 0. The fourth-order valence-electron chi connectivity index (χ4n) is 1.91. The maximum Gasteiger partial charge on any atom is 0.341 e. The number of benzene rings is 1. The molecule has 0 aliphatic heterocycles. The lowest BCUT2D eigenvalue weighted by Crippen LogP contribution is -2.00. The van der Waals surface area contributed by atoms with Gasteiger partial charge in [-0.25, -0.2) is 4.79 Å². The molecule has 19 heavy (non-hydrogen) atoms. The molecule has 0 unspecified atom stereocenters. The van der Waals surface area contributed by atoms with Crippen molar-refractivity contribution >= 4 is 5.97 Å². The molecule has 0 amide bonds. The predicted octanol–water partition coefficient (Wildman–Crippen LogP) is 2.75. The number of hydrogen-bond acceptors (Lipinski definition) is 4. The van der Waals surface area contributed by atoms with Gasteiger partial charge in [-0.2, -0.15) is 0 Å². The molecule has 1 aromatic heterocycles. The Hall–Kier alpha value is -2.14. The van der Waals surface area contributed by atoms with Crippen LogP contribution in [-0.4, -0.2) is 23.3 Å². The molecule has 0 radical (unpaired) electrons. The van der Waals surface area contributed by atoms with Crippen LogP contribution in [0.5, 0.6) is 0 Å². The number of nitrogens with zero attached hydrogens (tertiary/aromatic N) is 1. The largest absolute Gasteiger partial charge is 0.477 e. The number of ether oxygens (including phenoxy) is 1. The fraction of sp³-hybridized carbons (Fsp3) is 0.286. The van der Waals surface area contributed by atoms with Gasteiger partial charge in [0.05, 0.1) is 6.61 Å². The molecular weight excluding hydrogens is 246 g/mol. The van der Waals surface area contributed by atoms with Crippen molar-refractivity contribution < 1.29 is 19.2 Å². The van der Waals surface area contributed by atoms with E-state index in [1.807, 2.05) is 31.2 Å². The van der Waals surface area contributed by atoms with E-state index in [4.69, 9.17) is 9.26 Å². The molecule has 0 atom stereocenters. The number of carboxylic acid groups (broad SMARTS) is 1. The molecule has 100 valence electrons. The molecule has 1 N–H and O–H groups in total. The second-order valence-corrected chi connectivity index (χ2v) is 4.12. The molecule has 1 heterocycles. The van der Waals surface area contributed by atoms with Crippen LogP contribution in [0.15, 0.2) is 28.8 Å². The van der Waals surface area contributed by atoms with Crippen molar-refractivity contribution in [2.75, 3.05) is 7.11 Å². The Morgan fingerprint density at radius 1 is 1.37 bits per heavy atom. The van der Waals surface area contributed by atoms with Crippen molar-refractivity contribution in [2.45, 2.75) is 20.0 Å². The van der Waals surface area contributed by atoms with Crippen molar-refractivity contribution in [3.63, 3.8) is 0 Å². The molecular formula is C14H15NO4. The zero-order valence-electron chi connectivity index (χ0n) is 10.8. The summed E-state index contributed by atoms with van der Waals surface area (Å²) in [5.41, 5.74) is 2.25. The maximum absolute atomic E-state index is 11.3. The molecule has 0 bridgehead atoms. The van der Waals surface area contributed by atoms with E-state index in [1.54, 1.807) is 7.11 Å². The van der Waals surface area contributed by atoms with Crippen LogP contribution in [0, 0.1) is 0 Å². The minimum Gasteiger partial charge on any atom is -0.477 e.